The second-order valence-electron chi connectivity index (χ2n) is 5.42. The summed E-state index contributed by atoms with van der Waals surface area (Å²) in [5.41, 5.74) is 2.71. The van der Waals surface area contributed by atoms with E-state index in [0.717, 1.165) is 13.1 Å². The molecule has 2 aromatic rings. The van der Waals surface area contributed by atoms with Gasteiger partial charge >= 0.3 is 0 Å². The molecule has 0 spiro atoms. The zero-order valence-electron chi connectivity index (χ0n) is 11.3. The first-order valence-corrected chi connectivity index (χ1v) is 6.87. The molecule has 3 rings (SSSR count). The van der Waals surface area contributed by atoms with Crippen LogP contribution in [0.2, 0.25) is 0 Å². The molecule has 1 heterocycles. The van der Waals surface area contributed by atoms with Crippen molar-refractivity contribution in [3.05, 3.63) is 71.8 Å². The lowest BCUT2D eigenvalue weighted by Gasteiger charge is -2.40. The molecule has 1 saturated heterocycles. The van der Waals surface area contributed by atoms with Crippen LogP contribution in [0.4, 0.5) is 0 Å². The molecule has 0 aliphatic carbocycles. The third-order valence-corrected chi connectivity index (χ3v) is 4.01. The molecule has 2 N–H and O–H groups in total. The Morgan fingerprint density at radius 3 is 2.16 bits per heavy atom. The highest BCUT2D eigenvalue weighted by Crippen LogP contribution is 2.25. The maximum atomic E-state index is 3.70. The molecule has 0 radical (unpaired) electrons. The molecule has 98 valence electrons. The molecule has 1 fully saturated rings. The molecular weight excluding hydrogens is 232 g/mol. The van der Waals surface area contributed by atoms with Crippen molar-refractivity contribution in [1.29, 1.82) is 0 Å². The van der Waals surface area contributed by atoms with Crippen LogP contribution in [0.15, 0.2) is 60.7 Å². The van der Waals surface area contributed by atoms with Gasteiger partial charge in [0.25, 0.3) is 0 Å². The Hall–Kier alpha value is -1.64. The summed E-state index contributed by atoms with van der Waals surface area (Å²) in [4.78, 5) is 0. The van der Waals surface area contributed by atoms with Crippen LogP contribution in [0, 0.1) is 0 Å². The van der Waals surface area contributed by atoms with Crippen LogP contribution in [-0.2, 0) is 5.54 Å². The lowest BCUT2D eigenvalue weighted by Crippen LogP contribution is -2.56. The molecule has 2 nitrogen and oxygen atoms in total. The summed E-state index contributed by atoms with van der Waals surface area (Å²) in [5.74, 6) is 0. The SMILES string of the molecule is CC1(c2ccccc2)CNC(c2ccccc2)CN1. The van der Waals surface area contributed by atoms with Crippen molar-refractivity contribution < 1.29 is 0 Å². The fourth-order valence-corrected chi connectivity index (χ4v) is 2.72. The van der Waals surface area contributed by atoms with Crippen LogP contribution < -0.4 is 10.6 Å². The predicted molar refractivity (Wildman–Crippen MR) is 79.0 cm³/mol. The number of nitrogens with one attached hydrogen (secondary N) is 2. The standard InChI is InChI=1S/C17H20N2/c1-17(15-10-6-3-7-11-15)13-18-16(12-19-17)14-8-4-2-5-9-14/h2-11,16,18-19H,12-13H2,1H3. The van der Waals surface area contributed by atoms with E-state index >= 15 is 0 Å². The Balaban J connectivity index is 1.73. The lowest BCUT2D eigenvalue weighted by atomic mass is 9.88. The van der Waals surface area contributed by atoms with E-state index in [0.29, 0.717) is 6.04 Å². The largest absolute Gasteiger partial charge is 0.307 e. The first-order valence-electron chi connectivity index (χ1n) is 6.87. The molecule has 1 aliphatic rings. The highest BCUT2D eigenvalue weighted by molar-refractivity contribution is 5.27. The van der Waals surface area contributed by atoms with Gasteiger partial charge in [0, 0.05) is 19.1 Å². The Kier molecular flexibility index (Phi) is 3.36. The molecule has 2 aromatic carbocycles. The van der Waals surface area contributed by atoms with Crippen molar-refractivity contribution >= 4 is 0 Å². The average Bonchev–Trinajstić information content (AvgIpc) is 2.50. The van der Waals surface area contributed by atoms with E-state index in [4.69, 9.17) is 0 Å². The van der Waals surface area contributed by atoms with Crippen molar-refractivity contribution in [1.82, 2.24) is 10.6 Å². The van der Waals surface area contributed by atoms with Gasteiger partial charge in [-0.3, -0.25) is 0 Å². The molecule has 19 heavy (non-hydrogen) atoms. The summed E-state index contributed by atoms with van der Waals surface area (Å²) in [7, 11) is 0. The van der Waals surface area contributed by atoms with Gasteiger partial charge in [-0.25, -0.2) is 0 Å². The number of piperazine rings is 1. The Morgan fingerprint density at radius 1 is 0.947 bits per heavy atom. The Bertz CT molecular complexity index is 513. The minimum absolute atomic E-state index is 0.0204. The molecule has 2 atom stereocenters. The number of hydrogen-bond donors (Lipinski definition) is 2. The molecule has 0 amide bonds. The van der Waals surface area contributed by atoms with Crippen molar-refractivity contribution in [2.75, 3.05) is 13.1 Å². The zero-order chi connectivity index (χ0) is 13.1. The third kappa shape index (κ3) is 2.55. The third-order valence-electron chi connectivity index (χ3n) is 4.01. The van der Waals surface area contributed by atoms with E-state index in [1.54, 1.807) is 0 Å². The van der Waals surface area contributed by atoms with Gasteiger partial charge in [-0.05, 0) is 18.1 Å². The summed E-state index contributed by atoms with van der Waals surface area (Å²) >= 11 is 0. The fourth-order valence-electron chi connectivity index (χ4n) is 2.72. The minimum atomic E-state index is 0.0204. The summed E-state index contributed by atoms with van der Waals surface area (Å²) in [5, 5.41) is 7.36. The van der Waals surface area contributed by atoms with Crippen LogP contribution in [-0.4, -0.2) is 13.1 Å². The predicted octanol–water partition coefficient (Wildman–Crippen LogP) is 2.84. The van der Waals surface area contributed by atoms with Crippen molar-refractivity contribution in [3.63, 3.8) is 0 Å². The lowest BCUT2D eigenvalue weighted by molar-refractivity contribution is 0.258. The van der Waals surface area contributed by atoms with Gasteiger partial charge in [0.15, 0.2) is 0 Å². The Labute approximate surface area is 114 Å². The van der Waals surface area contributed by atoms with Crippen LogP contribution in [0.3, 0.4) is 0 Å². The average molecular weight is 252 g/mol. The van der Waals surface area contributed by atoms with Crippen LogP contribution >= 0.6 is 0 Å². The van der Waals surface area contributed by atoms with Gasteiger partial charge in [0.05, 0.1) is 5.54 Å². The van der Waals surface area contributed by atoms with Gasteiger partial charge in [-0.15, -0.1) is 0 Å². The second kappa shape index (κ2) is 5.16. The van der Waals surface area contributed by atoms with Crippen LogP contribution in [0.1, 0.15) is 24.1 Å². The fraction of sp³-hybridized carbons (Fsp3) is 0.294. The summed E-state index contributed by atoms with van der Waals surface area (Å²) in [6.45, 7) is 4.16. The zero-order valence-corrected chi connectivity index (χ0v) is 11.3. The number of rotatable bonds is 2. The molecule has 0 bridgehead atoms. The van der Waals surface area contributed by atoms with Crippen LogP contribution in [0.5, 0.6) is 0 Å². The van der Waals surface area contributed by atoms with E-state index in [2.05, 4.69) is 78.2 Å². The highest BCUT2D eigenvalue weighted by Gasteiger charge is 2.31. The Morgan fingerprint density at radius 2 is 1.58 bits per heavy atom. The van der Waals surface area contributed by atoms with E-state index in [-0.39, 0.29) is 5.54 Å². The topological polar surface area (TPSA) is 24.1 Å². The molecular formula is C17H20N2. The van der Waals surface area contributed by atoms with E-state index in [1.807, 2.05) is 0 Å². The second-order valence-corrected chi connectivity index (χ2v) is 5.42. The highest BCUT2D eigenvalue weighted by atomic mass is 15.1. The number of benzene rings is 2. The maximum absolute atomic E-state index is 3.70. The smallest absolute Gasteiger partial charge is 0.0533 e. The van der Waals surface area contributed by atoms with Gasteiger partial charge in [0.1, 0.15) is 0 Å². The number of hydrogen-bond acceptors (Lipinski definition) is 2. The molecule has 0 saturated carbocycles. The van der Waals surface area contributed by atoms with E-state index in [9.17, 15) is 0 Å². The maximum Gasteiger partial charge on any atom is 0.0533 e. The van der Waals surface area contributed by atoms with Gasteiger partial charge < -0.3 is 10.6 Å². The van der Waals surface area contributed by atoms with Crippen LogP contribution in [0.25, 0.3) is 0 Å². The first kappa shape index (κ1) is 12.4. The molecule has 0 aromatic heterocycles. The first-order chi connectivity index (χ1) is 9.28. The minimum Gasteiger partial charge on any atom is -0.307 e. The summed E-state index contributed by atoms with van der Waals surface area (Å²) in [6, 6.07) is 21.7. The monoisotopic (exact) mass is 252 g/mol. The van der Waals surface area contributed by atoms with Crippen molar-refractivity contribution in [2.45, 2.75) is 18.5 Å². The van der Waals surface area contributed by atoms with Crippen molar-refractivity contribution in [3.8, 4) is 0 Å². The molecule has 1 aliphatic heterocycles. The van der Waals surface area contributed by atoms with E-state index in [1.165, 1.54) is 11.1 Å². The molecule has 2 unspecified atom stereocenters. The normalized spacial score (nSPS) is 27.1. The van der Waals surface area contributed by atoms with Crippen molar-refractivity contribution in [2.24, 2.45) is 0 Å². The quantitative estimate of drug-likeness (QED) is 0.859. The van der Waals surface area contributed by atoms with Gasteiger partial charge in [0.2, 0.25) is 0 Å². The summed E-state index contributed by atoms with van der Waals surface area (Å²) in [6.07, 6.45) is 0. The van der Waals surface area contributed by atoms with E-state index < -0.39 is 0 Å². The summed E-state index contributed by atoms with van der Waals surface area (Å²) < 4.78 is 0. The van der Waals surface area contributed by atoms with Gasteiger partial charge in [-0.1, -0.05) is 60.7 Å². The molecule has 2 heteroatoms. The van der Waals surface area contributed by atoms with Gasteiger partial charge in [-0.2, -0.15) is 0 Å².